The van der Waals surface area contributed by atoms with Gasteiger partial charge in [-0.2, -0.15) is 4.39 Å². The maximum atomic E-state index is 15.9. The third-order valence-corrected chi connectivity index (χ3v) is 9.97. The first-order valence-corrected chi connectivity index (χ1v) is 16.9. The second kappa shape index (κ2) is 15.0. The number of nitrogens with zero attached hydrogens (tertiary/aromatic N) is 3. The molecule has 14 heteroatoms. The van der Waals surface area contributed by atoms with Crippen LogP contribution in [0.1, 0.15) is 51.2 Å². The summed E-state index contributed by atoms with van der Waals surface area (Å²) in [4.78, 5) is 32.1. The van der Waals surface area contributed by atoms with E-state index in [1.54, 1.807) is 6.07 Å². The largest absolute Gasteiger partial charge is 0.493 e. The van der Waals surface area contributed by atoms with Gasteiger partial charge in [-0.15, -0.1) is 0 Å². The Labute approximate surface area is 299 Å². The van der Waals surface area contributed by atoms with Crippen LogP contribution in [0.3, 0.4) is 0 Å². The predicted octanol–water partition coefficient (Wildman–Crippen LogP) is 5.47. The van der Waals surface area contributed by atoms with E-state index in [0.717, 1.165) is 46.6 Å². The van der Waals surface area contributed by atoms with E-state index in [1.165, 1.54) is 20.3 Å². The number of halogens is 3. The number of carbonyl (C=O) groups excluding carboxylic acids is 2. The minimum absolute atomic E-state index is 0.0235. The van der Waals surface area contributed by atoms with E-state index < -0.39 is 30.5 Å². The molecule has 2 unspecified atom stereocenters. The Hall–Kier alpha value is -4.20. The molecule has 0 spiro atoms. The number of benzene rings is 3. The highest BCUT2D eigenvalue weighted by molar-refractivity contribution is 6.36. The number of methoxy groups -OCH3 is 2. The van der Waals surface area contributed by atoms with Gasteiger partial charge in [-0.25, -0.2) is 4.98 Å². The molecule has 0 saturated carbocycles. The van der Waals surface area contributed by atoms with Gasteiger partial charge >= 0.3 is 5.97 Å². The number of carbonyl (C=O) groups is 2. The number of likely N-dealkylation sites (N-methyl/N-ethyl adjacent to an activating group) is 1. The van der Waals surface area contributed by atoms with Gasteiger partial charge in [0, 0.05) is 49.9 Å². The lowest BCUT2D eigenvalue weighted by Crippen LogP contribution is -2.40. The van der Waals surface area contributed by atoms with Crippen molar-refractivity contribution >= 4 is 40.8 Å². The summed E-state index contributed by atoms with van der Waals surface area (Å²) in [7, 11) is 6.42. The highest BCUT2D eigenvalue weighted by Crippen LogP contribution is 2.46. The minimum Gasteiger partial charge on any atom is -0.493 e. The quantitative estimate of drug-likeness (QED) is 0.173. The summed E-state index contributed by atoms with van der Waals surface area (Å²) < 4.78 is 34.0. The zero-order chi connectivity index (χ0) is 35.7. The molecule has 1 aromatic heterocycles. The number of esters is 1. The molecule has 0 fully saturated rings. The van der Waals surface area contributed by atoms with Gasteiger partial charge in [0.25, 0.3) is 5.91 Å². The lowest BCUT2D eigenvalue weighted by molar-refractivity contribution is -0.144. The molecule has 1 aliphatic heterocycles. The van der Waals surface area contributed by atoms with Crippen LogP contribution in [0.15, 0.2) is 42.5 Å². The fourth-order valence-electron chi connectivity index (χ4n) is 6.70. The van der Waals surface area contributed by atoms with Gasteiger partial charge in [-0.3, -0.25) is 14.9 Å². The van der Waals surface area contributed by atoms with Gasteiger partial charge in [-0.05, 0) is 48.7 Å². The summed E-state index contributed by atoms with van der Waals surface area (Å²) in [5, 5.41) is 15.7. The van der Waals surface area contributed by atoms with Crippen LogP contribution in [0, 0.1) is 5.82 Å². The standard InChI is InChI=1S/C36H38Cl2FN5O6/c1-43-14-13-28-26(17-43)41-34(44(28)2)35(46)42-25-10-6-9-23(30(25)38)20-7-5-8-22-21(20)11-12-29(22)50-33-24(37)15-19(32(48-3)31(33)39)16-40-27(18-45)36(47)49-4/h5-10,15,27,29,40,45H,11-14,16-18H2,1-4H3,(H,42,46). The van der Waals surface area contributed by atoms with E-state index in [2.05, 4.69) is 25.3 Å². The SMILES string of the molecule is COC(=O)C(CO)NCc1cc(Cl)c(OC2CCc3c(-c4cccc(NC(=O)c5nc6c(n5C)CCN(C)C6)c4Cl)cccc32)c(F)c1OC. The van der Waals surface area contributed by atoms with Crippen molar-refractivity contribution in [3.63, 3.8) is 0 Å². The van der Waals surface area contributed by atoms with Gasteiger partial charge in [0.1, 0.15) is 12.1 Å². The molecular formula is C36H38Cl2FN5O6. The van der Waals surface area contributed by atoms with E-state index in [9.17, 15) is 14.7 Å². The number of ether oxygens (including phenoxy) is 3. The molecule has 1 amide bonds. The molecular weight excluding hydrogens is 688 g/mol. The summed E-state index contributed by atoms with van der Waals surface area (Å²) >= 11 is 13.5. The summed E-state index contributed by atoms with van der Waals surface area (Å²) in [6.07, 6.45) is 1.49. The van der Waals surface area contributed by atoms with Crippen LogP contribution in [-0.4, -0.2) is 71.9 Å². The molecule has 0 saturated heterocycles. The second-order valence-electron chi connectivity index (χ2n) is 12.3. The van der Waals surface area contributed by atoms with E-state index >= 15 is 4.39 Å². The number of rotatable bonds is 11. The third-order valence-electron chi connectivity index (χ3n) is 9.28. The molecule has 2 atom stereocenters. The first-order chi connectivity index (χ1) is 24.1. The third kappa shape index (κ3) is 6.78. The van der Waals surface area contributed by atoms with Gasteiger partial charge in [0.2, 0.25) is 5.82 Å². The van der Waals surface area contributed by atoms with Crippen LogP contribution < -0.4 is 20.1 Å². The van der Waals surface area contributed by atoms with Crippen molar-refractivity contribution in [1.82, 2.24) is 19.8 Å². The number of fused-ring (bicyclic) bond motifs is 2. The van der Waals surface area contributed by atoms with Crippen molar-refractivity contribution in [2.24, 2.45) is 7.05 Å². The van der Waals surface area contributed by atoms with E-state index in [-0.39, 0.29) is 29.0 Å². The molecule has 264 valence electrons. The maximum Gasteiger partial charge on any atom is 0.325 e. The molecule has 11 nitrogen and oxygen atoms in total. The van der Waals surface area contributed by atoms with E-state index in [0.29, 0.717) is 41.5 Å². The predicted molar refractivity (Wildman–Crippen MR) is 187 cm³/mol. The average molecular weight is 727 g/mol. The topological polar surface area (TPSA) is 127 Å². The van der Waals surface area contributed by atoms with Crippen molar-refractivity contribution in [3.05, 3.63) is 92.2 Å². The van der Waals surface area contributed by atoms with Gasteiger partial charge in [0.05, 0.1) is 42.3 Å². The minimum atomic E-state index is -1.01. The van der Waals surface area contributed by atoms with Gasteiger partial charge < -0.3 is 34.1 Å². The van der Waals surface area contributed by atoms with Crippen molar-refractivity contribution in [1.29, 1.82) is 0 Å². The number of nitrogens with one attached hydrogen (secondary N) is 2. The van der Waals surface area contributed by atoms with Crippen LogP contribution in [0.2, 0.25) is 10.0 Å². The lowest BCUT2D eigenvalue weighted by atomic mass is 9.96. The average Bonchev–Trinajstić information content (AvgIpc) is 3.67. The Morgan fingerprint density at radius 2 is 1.86 bits per heavy atom. The molecule has 4 aromatic rings. The Morgan fingerprint density at radius 1 is 1.10 bits per heavy atom. The van der Waals surface area contributed by atoms with Gasteiger partial charge in [0.15, 0.2) is 17.3 Å². The van der Waals surface area contributed by atoms with Crippen LogP contribution in [-0.2, 0) is 42.5 Å². The molecule has 3 N–H and O–H groups in total. The zero-order valence-corrected chi connectivity index (χ0v) is 29.6. The number of aliphatic hydroxyl groups excluding tert-OH is 1. The molecule has 6 rings (SSSR count). The van der Waals surface area contributed by atoms with Crippen molar-refractivity contribution in [2.45, 2.75) is 44.5 Å². The normalized spacial score (nSPS) is 16.0. The van der Waals surface area contributed by atoms with Crippen molar-refractivity contribution in [2.75, 3.05) is 39.7 Å². The smallest absolute Gasteiger partial charge is 0.325 e. The van der Waals surface area contributed by atoms with Crippen LogP contribution in [0.25, 0.3) is 11.1 Å². The highest BCUT2D eigenvalue weighted by atomic mass is 35.5. The van der Waals surface area contributed by atoms with Crippen LogP contribution in [0.5, 0.6) is 11.5 Å². The number of amides is 1. The maximum absolute atomic E-state index is 15.9. The van der Waals surface area contributed by atoms with Crippen molar-refractivity contribution < 1.29 is 33.3 Å². The fourth-order valence-corrected chi connectivity index (χ4v) is 7.24. The first-order valence-electron chi connectivity index (χ1n) is 16.1. The number of anilines is 1. The van der Waals surface area contributed by atoms with Gasteiger partial charge in [-0.1, -0.05) is 53.5 Å². The second-order valence-corrected chi connectivity index (χ2v) is 13.1. The van der Waals surface area contributed by atoms with E-state index in [4.69, 9.17) is 32.7 Å². The monoisotopic (exact) mass is 725 g/mol. The summed E-state index contributed by atoms with van der Waals surface area (Å²) in [6, 6.07) is 11.8. The Balaban J connectivity index is 1.23. The number of hydrogen-bond donors (Lipinski definition) is 3. The van der Waals surface area contributed by atoms with Crippen molar-refractivity contribution in [3.8, 4) is 22.6 Å². The molecule has 3 aromatic carbocycles. The molecule has 2 aliphatic rings. The van der Waals surface area contributed by atoms with E-state index in [1.807, 2.05) is 49.0 Å². The molecule has 50 heavy (non-hydrogen) atoms. The first kappa shape index (κ1) is 35.6. The molecule has 2 heterocycles. The number of imidazole rings is 1. The Morgan fingerprint density at radius 3 is 2.60 bits per heavy atom. The highest BCUT2D eigenvalue weighted by Gasteiger charge is 2.31. The van der Waals surface area contributed by atoms with Crippen LogP contribution in [0.4, 0.5) is 10.1 Å². The summed E-state index contributed by atoms with van der Waals surface area (Å²) in [5.74, 6) is -1.72. The Bertz CT molecular complexity index is 1950. The molecule has 0 bridgehead atoms. The lowest BCUT2D eigenvalue weighted by Gasteiger charge is -2.21. The zero-order valence-electron chi connectivity index (χ0n) is 28.1. The fraction of sp³-hybridized carbons (Fsp3) is 0.361. The molecule has 0 radical (unpaired) electrons. The summed E-state index contributed by atoms with van der Waals surface area (Å²) in [6.45, 7) is 1.05. The van der Waals surface area contributed by atoms with Crippen LogP contribution >= 0.6 is 23.2 Å². The number of aliphatic hydroxyl groups is 1. The number of aromatic nitrogens is 2. The number of hydrogen-bond acceptors (Lipinski definition) is 9. The summed E-state index contributed by atoms with van der Waals surface area (Å²) in [5.41, 5.74) is 6.22. The Kier molecular flexibility index (Phi) is 10.7. The molecule has 1 aliphatic carbocycles.